The molecule has 3 aromatic rings. The molecule has 11 heteroatoms. The maximum Gasteiger partial charge on any atom is 0.326 e. The third kappa shape index (κ3) is 6.52. The molecule has 3 heterocycles. The Bertz CT molecular complexity index is 1170. The number of hydrogen-bond donors (Lipinski definition) is 4. The number of rotatable bonds is 11. The average Bonchev–Trinajstić information content (AvgIpc) is 3.54. The SMILES string of the molecule is CC(C)[C@H](NC(=O)c1ccc(-c2ccc(-c3cccs3)s2)s1)C(=O)N[C@@H](CCC(=O)O)C(=O)O. The van der Waals surface area contributed by atoms with E-state index in [1.807, 2.05) is 29.6 Å². The number of carbonyl (C=O) groups excluding carboxylic acids is 2. The monoisotopic (exact) mass is 520 g/mol. The molecule has 0 fully saturated rings. The number of aliphatic carboxylic acids is 2. The summed E-state index contributed by atoms with van der Waals surface area (Å²) in [5.74, 6) is -3.91. The summed E-state index contributed by atoms with van der Waals surface area (Å²) in [6.45, 7) is 3.46. The molecule has 3 aromatic heterocycles. The van der Waals surface area contributed by atoms with Crippen molar-refractivity contribution >= 4 is 57.8 Å². The topological polar surface area (TPSA) is 133 Å². The number of nitrogens with one attached hydrogen (secondary N) is 2. The first kappa shape index (κ1) is 25.6. The molecule has 8 nitrogen and oxygen atoms in total. The van der Waals surface area contributed by atoms with Crippen LogP contribution in [0.5, 0.6) is 0 Å². The van der Waals surface area contributed by atoms with Crippen LogP contribution in [0.3, 0.4) is 0 Å². The van der Waals surface area contributed by atoms with Crippen molar-refractivity contribution in [1.82, 2.24) is 10.6 Å². The lowest BCUT2D eigenvalue weighted by atomic mass is 10.0. The highest BCUT2D eigenvalue weighted by Gasteiger charge is 2.29. The van der Waals surface area contributed by atoms with Crippen LogP contribution in [0.4, 0.5) is 0 Å². The minimum absolute atomic E-state index is 0.252. The summed E-state index contributed by atoms with van der Waals surface area (Å²) in [5, 5.41) is 25.1. The summed E-state index contributed by atoms with van der Waals surface area (Å²) in [6.07, 6.45) is -0.650. The van der Waals surface area contributed by atoms with Gasteiger partial charge in [-0.15, -0.1) is 34.0 Å². The molecule has 0 aliphatic carbocycles. The first-order valence-electron chi connectivity index (χ1n) is 10.5. The van der Waals surface area contributed by atoms with Crippen molar-refractivity contribution in [2.24, 2.45) is 5.92 Å². The minimum Gasteiger partial charge on any atom is -0.481 e. The van der Waals surface area contributed by atoms with Crippen LogP contribution in [0, 0.1) is 5.92 Å². The van der Waals surface area contributed by atoms with E-state index in [9.17, 15) is 24.3 Å². The number of carboxylic acid groups (broad SMARTS) is 2. The highest BCUT2D eigenvalue weighted by Crippen LogP contribution is 2.39. The summed E-state index contributed by atoms with van der Waals surface area (Å²) in [4.78, 5) is 52.5. The Kier molecular flexibility index (Phi) is 8.59. The molecule has 0 bridgehead atoms. The highest BCUT2D eigenvalue weighted by atomic mass is 32.1. The van der Waals surface area contributed by atoms with Crippen LogP contribution < -0.4 is 10.6 Å². The van der Waals surface area contributed by atoms with E-state index in [1.54, 1.807) is 42.6 Å². The van der Waals surface area contributed by atoms with E-state index in [-0.39, 0.29) is 12.3 Å². The van der Waals surface area contributed by atoms with Gasteiger partial charge in [0.15, 0.2) is 0 Å². The lowest BCUT2D eigenvalue weighted by molar-refractivity contribution is -0.143. The number of hydrogen-bond acceptors (Lipinski definition) is 7. The Balaban J connectivity index is 1.68. The van der Waals surface area contributed by atoms with E-state index in [2.05, 4.69) is 16.7 Å². The van der Waals surface area contributed by atoms with Crippen LogP contribution in [-0.2, 0) is 14.4 Å². The molecule has 0 spiro atoms. The molecular formula is C23H24N2O6S3. The predicted molar refractivity (Wildman–Crippen MR) is 133 cm³/mol. The van der Waals surface area contributed by atoms with Crippen molar-refractivity contribution in [2.75, 3.05) is 0 Å². The Hall–Kier alpha value is -3.02. The molecule has 180 valence electrons. The molecule has 0 aromatic carbocycles. The van der Waals surface area contributed by atoms with Crippen LogP contribution in [0.25, 0.3) is 19.5 Å². The van der Waals surface area contributed by atoms with Crippen molar-refractivity contribution in [2.45, 2.75) is 38.8 Å². The summed E-state index contributed by atoms with van der Waals surface area (Å²) in [7, 11) is 0. The molecular weight excluding hydrogens is 496 g/mol. The van der Waals surface area contributed by atoms with E-state index in [4.69, 9.17) is 5.11 Å². The average molecular weight is 521 g/mol. The summed E-state index contributed by atoms with van der Waals surface area (Å²) in [5.41, 5.74) is 0. The number of thiophene rings is 3. The molecule has 0 radical (unpaired) electrons. The normalized spacial score (nSPS) is 12.8. The van der Waals surface area contributed by atoms with Gasteiger partial charge >= 0.3 is 11.9 Å². The zero-order valence-electron chi connectivity index (χ0n) is 18.4. The van der Waals surface area contributed by atoms with E-state index < -0.39 is 42.3 Å². The fourth-order valence-electron chi connectivity index (χ4n) is 3.15. The maximum absolute atomic E-state index is 12.9. The quantitative estimate of drug-likeness (QED) is 0.296. The van der Waals surface area contributed by atoms with E-state index in [1.165, 1.54) is 16.2 Å². The largest absolute Gasteiger partial charge is 0.481 e. The second-order valence-corrected chi connectivity index (χ2v) is 10.9. The van der Waals surface area contributed by atoms with Crippen molar-refractivity contribution < 1.29 is 29.4 Å². The predicted octanol–water partition coefficient (Wildman–Crippen LogP) is 4.39. The minimum atomic E-state index is -1.36. The number of carboxylic acids is 2. The standard InChI is InChI=1S/C23H24N2O6S3/c1-12(2)20(22(29)24-13(23(30)31)5-10-19(26)27)25-21(28)18-9-8-17(34-18)16-7-6-15(33-16)14-4-3-11-32-14/h3-4,6-9,11-13,20H,5,10H2,1-2H3,(H,24,29)(H,25,28)(H,26,27)(H,30,31)/t13-,20-/m0/s1. The van der Waals surface area contributed by atoms with Crippen LogP contribution in [0.2, 0.25) is 0 Å². The third-order valence-electron chi connectivity index (χ3n) is 4.94. The molecule has 3 rings (SSSR count). The van der Waals surface area contributed by atoms with Crippen molar-refractivity contribution in [3.8, 4) is 19.5 Å². The summed E-state index contributed by atoms with van der Waals surface area (Å²) in [6, 6.07) is 9.35. The molecule has 0 saturated carbocycles. The van der Waals surface area contributed by atoms with Gasteiger partial charge in [-0.05, 0) is 48.1 Å². The molecule has 2 atom stereocenters. The van der Waals surface area contributed by atoms with Crippen molar-refractivity contribution in [3.05, 3.63) is 46.7 Å². The molecule has 0 aliphatic heterocycles. The van der Waals surface area contributed by atoms with Gasteiger partial charge in [0.25, 0.3) is 5.91 Å². The van der Waals surface area contributed by atoms with E-state index in [0.717, 1.165) is 14.6 Å². The lowest BCUT2D eigenvalue weighted by Crippen LogP contribution is -2.53. The summed E-state index contributed by atoms with van der Waals surface area (Å²) < 4.78 is 0. The van der Waals surface area contributed by atoms with E-state index in [0.29, 0.717) is 4.88 Å². The Morgan fingerprint density at radius 1 is 0.882 bits per heavy atom. The second-order valence-electron chi connectivity index (χ2n) is 7.83. The fourth-order valence-corrected chi connectivity index (χ4v) is 5.99. The molecule has 4 N–H and O–H groups in total. The van der Waals surface area contributed by atoms with Crippen molar-refractivity contribution in [1.29, 1.82) is 0 Å². The van der Waals surface area contributed by atoms with Crippen LogP contribution in [0.15, 0.2) is 41.8 Å². The Morgan fingerprint density at radius 3 is 2.12 bits per heavy atom. The number of amides is 2. The Labute approximate surface area is 208 Å². The molecule has 2 amide bonds. The third-order valence-corrected chi connectivity index (χ3v) is 8.37. The van der Waals surface area contributed by atoms with Gasteiger partial charge in [0, 0.05) is 25.9 Å². The molecule has 0 saturated heterocycles. The molecule has 34 heavy (non-hydrogen) atoms. The van der Waals surface area contributed by atoms with E-state index >= 15 is 0 Å². The van der Waals surface area contributed by atoms with Gasteiger partial charge in [-0.25, -0.2) is 4.79 Å². The van der Waals surface area contributed by atoms with Crippen molar-refractivity contribution in [3.63, 3.8) is 0 Å². The second kappa shape index (κ2) is 11.4. The van der Waals surface area contributed by atoms with Crippen LogP contribution >= 0.6 is 34.0 Å². The number of carbonyl (C=O) groups is 4. The maximum atomic E-state index is 12.9. The van der Waals surface area contributed by atoms with Gasteiger partial charge in [0.2, 0.25) is 5.91 Å². The van der Waals surface area contributed by atoms with Gasteiger partial charge < -0.3 is 20.8 Å². The highest BCUT2D eigenvalue weighted by molar-refractivity contribution is 7.26. The zero-order valence-corrected chi connectivity index (χ0v) is 20.9. The first-order chi connectivity index (χ1) is 16.2. The Morgan fingerprint density at radius 2 is 1.53 bits per heavy atom. The smallest absolute Gasteiger partial charge is 0.326 e. The van der Waals surface area contributed by atoms with Gasteiger partial charge in [-0.1, -0.05) is 19.9 Å². The molecule has 0 aliphatic rings. The van der Waals surface area contributed by atoms with Crippen LogP contribution in [0.1, 0.15) is 36.4 Å². The fraction of sp³-hybridized carbons (Fsp3) is 0.304. The lowest BCUT2D eigenvalue weighted by Gasteiger charge is -2.23. The zero-order chi connectivity index (χ0) is 24.8. The summed E-state index contributed by atoms with van der Waals surface area (Å²) >= 11 is 4.61. The van der Waals surface area contributed by atoms with Gasteiger partial charge in [0.1, 0.15) is 12.1 Å². The van der Waals surface area contributed by atoms with Gasteiger partial charge in [-0.2, -0.15) is 0 Å². The molecule has 0 unspecified atom stereocenters. The van der Waals surface area contributed by atoms with Crippen LogP contribution in [-0.4, -0.2) is 46.0 Å². The van der Waals surface area contributed by atoms with Gasteiger partial charge in [-0.3, -0.25) is 14.4 Å². The van der Waals surface area contributed by atoms with Gasteiger partial charge in [0.05, 0.1) is 4.88 Å². The first-order valence-corrected chi connectivity index (χ1v) is 13.0.